The van der Waals surface area contributed by atoms with E-state index in [9.17, 15) is 4.79 Å². The number of carbonyl (C=O) groups excluding carboxylic acids is 1. The first-order valence-corrected chi connectivity index (χ1v) is 5.94. The molecule has 1 amide bonds. The summed E-state index contributed by atoms with van der Waals surface area (Å²) in [5, 5.41) is 2.65. The molecule has 0 saturated carbocycles. The lowest BCUT2D eigenvalue weighted by atomic mass is 10.5. The lowest BCUT2D eigenvalue weighted by Crippen LogP contribution is -2.59. The number of amides is 1. The van der Waals surface area contributed by atoms with Gasteiger partial charge in [0.15, 0.2) is 0 Å². The summed E-state index contributed by atoms with van der Waals surface area (Å²) >= 11 is 0. The number of rotatable bonds is 6. The molecule has 0 aliphatic heterocycles. The van der Waals surface area contributed by atoms with Gasteiger partial charge in [0.1, 0.15) is 0 Å². The van der Waals surface area contributed by atoms with Gasteiger partial charge < -0.3 is 18.6 Å². The molecule has 0 aromatic rings. The molecular formula is C8H17NO4Si. The van der Waals surface area contributed by atoms with Crippen molar-refractivity contribution in [2.45, 2.75) is 12.6 Å². The molecule has 1 N–H and O–H groups in total. The molecule has 0 spiro atoms. The Hall–Kier alpha value is -0.693. The van der Waals surface area contributed by atoms with Crippen LogP contribution in [0.1, 0.15) is 6.92 Å². The maximum absolute atomic E-state index is 11.0. The average molecular weight is 219 g/mol. The van der Waals surface area contributed by atoms with Gasteiger partial charge in [-0.3, -0.25) is 4.79 Å². The molecule has 1 atom stereocenters. The predicted molar refractivity (Wildman–Crippen MR) is 54.6 cm³/mol. The van der Waals surface area contributed by atoms with E-state index in [1.54, 1.807) is 6.92 Å². The first-order chi connectivity index (χ1) is 6.56. The SMILES string of the molecule is C=CC(=O)NC(C)[Si](OC)(OC)OC. The van der Waals surface area contributed by atoms with Crippen molar-refractivity contribution in [3.8, 4) is 0 Å². The van der Waals surface area contributed by atoms with Crippen molar-refractivity contribution in [2.75, 3.05) is 21.3 Å². The van der Waals surface area contributed by atoms with Crippen molar-refractivity contribution in [1.29, 1.82) is 0 Å². The molecule has 0 heterocycles. The Bertz CT molecular complexity index is 197. The third-order valence-electron chi connectivity index (χ3n) is 1.93. The average Bonchev–Trinajstić information content (AvgIpc) is 2.21. The van der Waals surface area contributed by atoms with Gasteiger partial charge >= 0.3 is 8.80 Å². The van der Waals surface area contributed by atoms with Gasteiger partial charge in [-0.1, -0.05) is 6.58 Å². The smallest absolute Gasteiger partial charge is 0.376 e. The van der Waals surface area contributed by atoms with Crippen LogP contribution < -0.4 is 5.32 Å². The van der Waals surface area contributed by atoms with Gasteiger partial charge in [-0.15, -0.1) is 0 Å². The normalized spacial score (nSPS) is 13.4. The van der Waals surface area contributed by atoms with Crippen LogP contribution in [0.2, 0.25) is 0 Å². The van der Waals surface area contributed by atoms with Crippen molar-refractivity contribution >= 4 is 14.7 Å². The lowest BCUT2D eigenvalue weighted by molar-refractivity contribution is -0.117. The largest absolute Gasteiger partial charge is 0.523 e. The molecule has 0 saturated heterocycles. The Morgan fingerprint density at radius 1 is 1.36 bits per heavy atom. The van der Waals surface area contributed by atoms with E-state index in [0.29, 0.717) is 0 Å². The third kappa shape index (κ3) is 2.91. The quantitative estimate of drug-likeness (QED) is 0.508. The molecule has 0 fully saturated rings. The molecule has 6 heteroatoms. The molecule has 0 aliphatic carbocycles. The van der Waals surface area contributed by atoms with Crippen LogP contribution in [-0.4, -0.2) is 41.7 Å². The number of hydrogen-bond acceptors (Lipinski definition) is 4. The van der Waals surface area contributed by atoms with E-state index in [0.717, 1.165) is 0 Å². The van der Waals surface area contributed by atoms with E-state index in [1.165, 1.54) is 27.4 Å². The number of hydrogen-bond donors (Lipinski definition) is 1. The van der Waals surface area contributed by atoms with Crippen molar-refractivity contribution in [2.24, 2.45) is 0 Å². The van der Waals surface area contributed by atoms with Crippen LogP contribution in [0.25, 0.3) is 0 Å². The van der Waals surface area contributed by atoms with Crippen LogP contribution in [0.3, 0.4) is 0 Å². The summed E-state index contributed by atoms with van der Waals surface area (Å²) in [4.78, 5) is 11.0. The van der Waals surface area contributed by atoms with Gasteiger partial charge in [-0.25, -0.2) is 0 Å². The summed E-state index contributed by atoms with van der Waals surface area (Å²) in [5.74, 6) is -0.277. The minimum absolute atomic E-state index is 0.277. The Labute approximate surface area is 85.4 Å². The van der Waals surface area contributed by atoms with Crippen LogP contribution in [0.4, 0.5) is 0 Å². The van der Waals surface area contributed by atoms with Crippen LogP contribution >= 0.6 is 0 Å². The molecule has 0 rings (SSSR count). The Morgan fingerprint density at radius 2 is 1.79 bits per heavy atom. The number of carbonyl (C=O) groups is 1. The summed E-state index contributed by atoms with van der Waals surface area (Å²) in [6.07, 6.45) is 1.19. The highest BCUT2D eigenvalue weighted by molar-refractivity contribution is 6.62. The molecule has 1 unspecified atom stereocenters. The summed E-state index contributed by atoms with van der Waals surface area (Å²) in [6, 6.07) is 0. The Balaban J connectivity index is 4.50. The van der Waals surface area contributed by atoms with Crippen LogP contribution in [0.15, 0.2) is 12.7 Å². The monoisotopic (exact) mass is 219 g/mol. The van der Waals surface area contributed by atoms with Crippen LogP contribution in [0.5, 0.6) is 0 Å². The second-order valence-corrected chi connectivity index (χ2v) is 5.95. The van der Waals surface area contributed by atoms with Gasteiger partial charge in [0.05, 0.1) is 5.67 Å². The summed E-state index contributed by atoms with van der Waals surface area (Å²) < 4.78 is 15.6. The topological polar surface area (TPSA) is 56.8 Å². The van der Waals surface area contributed by atoms with E-state index in [-0.39, 0.29) is 11.6 Å². The van der Waals surface area contributed by atoms with E-state index in [4.69, 9.17) is 13.3 Å². The summed E-state index contributed by atoms with van der Waals surface area (Å²) in [6.45, 7) is 5.12. The molecule has 82 valence electrons. The lowest BCUT2D eigenvalue weighted by Gasteiger charge is -2.30. The van der Waals surface area contributed by atoms with E-state index < -0.39 is 8.80 Å². The van der Waals surface area contributed by atoms with Gasteiger partial charge in [-0.05, 0) is 13.0 Å². The van der Waals surface area contributed by atoms with Crippen molar-refractivity contribution in [3.05, 3.63) is 12.7 Å². The molecule has 0 bridgehead atoms. The van der Waals surface area contributed by atoms with Crippen molar-refractivity contribution < 1.29 is 18.1 Å². The van der Waals surface area contributed by atoms with Crippen molar-refractivity contribution in [3.63, 3.8) is 0 Å². The molecule has 0 aliphatic rings. The fourth-order valence-electron chi connectivity index (χ4n) is 1.14. The third-order valence-corrected chi connectivity index (χ3v) is 4.84. The predicted octanol–water partition coefficient (Wildman–Crippen LogP) is 0.0944. The minimum Gasteiger partial charge on any atom is -0.376 e. The Kier molecular flexibility index (Phi) is 5.62. The second-order valence-electron chi connectivity index (χ2n) is 2.65. The summed E-state index contributed by atoms with van der Waals surface area (Å²) in [7, 11) is 1.71. The van der Waals surface area contributed by atoms with Crippen LogP contribution in [-0.2, 0) is 18.1 Å². The molecule has 0 aromatic heterocycles. The maximum atomic E-state index is 11.0. The summed E-state index contributed by atoms with van der Waals surface area (Å²) in [5.41, 5.74) is -0.312. The Morgan fingerprint density at radius 3 is 2.07 bits per heavy atom. The maximum Gasteiger partial charge on any atom is 0.523 e. The van der Waals surface area contributed by atoms with E-state index in [1.807, 2.05) is 0 Å². The van der Waals surface area contributed by atoms with Crippen molar-refractivity contribution in [1.82, 2.24) is 5.32 Å². The standard InChI is InChI=1S/C8H17NO4Si/c1-6-8(10)9-7(2)14(11-3,12-4)13-5/h6-7H,1H2,2-5H3,(H,9,10). The molecule has 5 nitrogen and oxygen atoms in total. The molecule has 0 radical (unpaired) electrons. The first kappa shape index (κ1) is 13.3. The fraction of sp³-hybridized carbons (Fsp3) is 0.625. The zero-order chi connectivity index (χ0) is 11.2. The van der Waals surface area contributed by atoms with E-state index >= 15 is 0 Å². The molecule has 14 heavy (non-hydrogen) atoms. The van der Waals surface area contributed by atoms with Crippen LogP contribution in [0, 0.1) is 0 Å². The molecular weight excluding hydrogens is 202 g/mol. The van der Waals surface area contributed by atoms with Gasteiger partial charge in [0.2, 0.25) is 5.91 Å². The highest BCUT2D eigenvalue weighted by atomic mass is 28.4. The zero-order valence-corrected chi connectivity index (χ0v) is 9.99. The highest BCUT2D eigenvalue weighted by Crippen LogP contribution is 2.11. The first-order valence-electron chi connectivity index (χ1n) is 4.14. The van der Waals surface area contributed by atoms with E-state index in [2.05, 4.69) is 11.9 Å². The molecule has 0 aromatic carbocycles. The zero-order valence-electron chi connectivity index (χ0n) is 8.99. The van der Waals surface area contributed by atoms with Gasteiger partial charge in [-0.2, -0.15) is 0 Å². The number of nitrogens with one attached hydrogen (secondary N) is 1. The van der Waals surface area contributed by atoms with Gasteiger partial charge in [0, 0.05) is 21.3 Å². The highest BCUT2D eigenvalue weighted by Gasteiger charge is 2.45. The fourth-order valence-corrected chi connectivity index (χ4v) is 3.02. The van der Waals surface area contributed by atoms with Gasteiger partial charge in [0.25, 0.3) is 0 Å². The minimum atomic E-state index is -2.78. The second kappa shape index (κ2) is 5.92.